The Morgan fingerprint density at radius 2 is 1.53 bits per heavy atom. The highest BCUT2D eigenvalue weighted by Crippen LogP contribution is 2.43. The zero-order chi connectivity index (χ0) is 26.4. The number of aromatic nitrogens is 1. The number of halogens is 1. The molecular formula is C29H24ClN5O2S. The van der Waals surface area contributed by atoms with Gasteiger partial charge in [-0.15, -0.1) is 5.10 Å². The van der Waals surface area contributed by atoms with E-state index in [1.807, 2.05) is 66.7 Å². The molecule has 6 rings (SSSR count). The van der Waals surface area contributed by atoms with Gasteiger partial charge in [0.2, 0.25) is 5.96 Å². The molecule has 38 heavy (non-hydrogen) atoms. The van der Waals surface area contributed by atoms with Crippen LogP contribution in [0.2, 0.25) is 5.02 Å². The summed E-state index contributed by atoms with van der Waals surface area (Å²) >= 11 is 6.21. The number of benzene rings is 4. The van der Waals surface area contributed by atoms with E-state index in [9.17, 15) is 8.42 Å². The molecule has 0 aliphatic heterocycles. The quantitative estimate of drug-likeness (QED) is 0.162. The molecule has 1 fully saturated rings. The van der Waals surface area contributed by atoms with E-state index in [1.165, 1.54) is 3.97 Å². The summed E-state index contributed by atoms with van der Waals surface area (Å²) in [7, 11) is -4.05. The maximum Gasteiger partial charge on any atom is 0.268 e. The van der Waals surface area contributed by atoms with Crippen molar-refractivity contribution in [3.63, 3.8) is 0 Å². The molecule has 0 amide bonds. The monoisotopic (exact) mass is 541 g/mol. The van der Waals surface area contributed by atoms with Crippen LogP contribution < -0.4 is 11.5 Å². The lowest BCUT2D eigenvalue weighted by Crippen LogP contribution is -2.22. The normalized spacial score (nSPS) is 14.2. The van der Waals surface area contributed by atoms with Crippen molar-refractivity contribution in [3.05, 3.63) is 102 Å². The highest BCUT2D eigenvalue weighted by atomic mass is 35.5. The van der Waals surface area contributed by atoms with Gasteiger partial charge < -0.3 is 11.5 Å². The zero-order valence-corrected chi connectivity index (χ0v) is 21.8. The first-order valence-electron chi connectivity index (χ1n) is 12.2. The van der Waals surface area contributed by atoms with Crippen LogP contribution in [-0.2, 0) is 10.0 Å². The van der Waals surface area contributed by atoms with Crippen molar-refractivity contribution >= 4 is 55.0 Å². The summed E-state index contributed by atoms with van der Waals surface area (Å²) in [5, 5.41) is 11.5. The number of hydrogen-bond donors (Lipinski definition) is 2. The average molecular weight is 542 g/mol. The van der Waals surface area contributed by atoms with Crippen molar-refractivity contribution in [2.75, 3.05) is 0 Å². The first kappa shape index (κ1) is 24.2. The van der Waals surface area contributed by atoms with Gasteiger partial charge in [-0.1, -0.05) is 72.3 Å². The third-order valence-electron chi connectivity index (χ3n) is 6.70. The summed E-state index contributed by atoms with van der Waals surface area (Å²) in [6.07, 6.45) is 1.83. The summed E-state index contributed by atoms with van der Waals surface area (Å²) in [6.45, 7) is 0. The number of rotatable bonds is 6. The predicted octanol–water partition coefficient (Wildman–Crippen LogP) is 5.74. The summed E-state index contributed by atoms with van der Waals surface area (Å²) in [5.41, 5.74) is 14.3. The molecule has 9 heteroatoms. The van der Waals surface area contributed by atoms with Gasteiger partial charge in [-0.2, -0.15) is 5.10 Å². The Labute approximate surface area is 225 Å². The van der Waals surface area contributed by atoms with Crippen molar-refractivity contribution in [3.8, 4) is 11.3 Å². The van der Waals surface area contributed by atoms with E-state index in [1.54, 1.807) is 24.3 Å². The van der Waals surface area contributed by atoms with Gasteiger partial charge in [0.25, 0.3) is 10.0 Å². The summed E-state index contributed by atoms with van der Waals surface area (Å²) in [5.74, 6) is -0.0458. The molecule has 1 aromatic heterocycles. The topological polar surface area (TPSA) is 116 Å². The molecule has 0 atom stereocenters. The van der Waals surface area contributed by atoms with Crippen molar-refractivity contribution in [2.24, 2.45) is 27.6 Å². The van der Waals surface area contributed by atoms with Gasteiger partial charge in [0.05, 0.1) is 21.8 Å². The van der Waals surface area contributed by atoms with Crippen molar-refractivity contribution in [2.45, 2.75) is 17.7 Å². The van der Waals surface area contributed by atoms with Crippen LogP contribution in [0.3, 0.4) is 0 Å². The second-order valence-electron chi connectivity index (χ2n) is 9.31. The average Bonchev–Trinajstić information content (AvgIpc) is 3.70. The molecule has 1 aliphatic carbocycles. The minimum absolute atomic E-state index is 0.117. The van der Waals surface area contributed by atoms with Crippen LogP contribution in [0.4, 0.5) is 0 Å². The SMILES string of the molecule is NC(N)=N/N=C(\c1c(-c2ccc(Cl)cc2)n(S(=O)(=O)c2ccc3ccccc3c2)c2ccccc12)C1CC1. The number of para-hydroxylation sites is 1. The second kappa shape index (κ2) is 9.31. The van der Waals surface area contributed by atoms with E-state index in [0.717, 1.165) is 29.0 Å². The molecule has 1 heterocycles. The van der Waals surface area contributed by atoms with Gasteiger partial charge in [0.15, 0.2) is 0 Å². The Bertz CT molecular complexity index is 1870. The Hall–Kier alpha value is -4.14. The summed E-state index contributed by atoms with van der Waals surface area (Å²) in [4.78, 5) is 0.188. The molecule has 0 unspecified atom stereocenters. The third-order valence-corrected chi connectivity index (χ3v) is 8.66. The summed E-state index contributed by atoms with van der Waals surface area (Å²) in [6, 6.07) is 27.4. The molecule has 1 saturated carbocycles. The molecule has 0 radical (unpaired) electrons. The fourth-order valence-corrected chi connectivity index (χ4v) is 6.54. The third kappa shape index (κ3) is 4.21. The number of fused-ring (bicyclic) bond motifs is 2. The Morgan fingerprint density at radius 1 is 0.842 bits per heavy atom. The molecule has 0 saturated heterocycles. The molecule has 0 bridgehead atoms. The fraction of sp³-hybridized carbons (Fsp3) is 0.103. The highest BCUT2D eigenvalue weighted by molar-refractivity contribution is 7.90. The molecule has 4 N–H and O–H groups in total. The lowest BCUT2D eigenvalue weighted by molar-refractivity contribution is 0.589. The van der Waals surface area contributed by atoms with Gasteiger partial charge >= 0.3 is 0 Å². The minimum atomic E-state index is -4.05. The first-order chi connectivity index (χ1) is 18.3. The van der Waals surface area contributed by atoms with Crippen molar-refractivity contribution < 1.29 is 8.42 Å². The van der Waals surface area contributed by atoms with Crippen LogP contribution in [-0.4, -0.2) is 24.1 Å². The maximum atomic E-state index is 14.5. The van der Waals surface area contributed by atoms with Crippen LogP contribution >= 0.6 is 11.6 Å². The fourth-order valence-electron chi connectivity index (χ4n) is 4.83. The van der Waals surface area contributed by atoms with Gasteiger partial charge in [0.1, 0.15) is 0 Å². The van der Waals surface area contributed by atoms with Crippen LogP contribution in [0.1, 0.15) is 18.4 Å². The van der Waals surface area contributed by atoms with Crippen LogP contribution in [0.25, 0.3) is 32.9 Å². The lowest BCUT2D eigenvalue weighted by atomic mass is 9.98. The first-order valence-corrected chi connectivity index (χ1v) is 14.0. The summed E-state index contributed by atoms with van der Waals surface area (Å²) < 4.78 is 30.4. The van der Waals surface area contributed by atoms with Crippen molar-refractivity contribution in [1.29, 1.82) is 0 Å². The lowest BCUT2D eigenvalue weighted by Gasteiger charge is -2.15. The van der Waals surface area contributed by atoms with Gasteiger partial charge in [-0.25, -0.2) is 12.4 Å². The number of nitrogens with zero attached hydrogens (tertiary/aromatic N) is 3. The smallest absolute Gasteiger partial charge is 0.268 e. The van der Waals surface area contributed by atoms with E-state index in [-0.39, 0.29) is 16.8 Å². The van der Waals surface area contributed by atoms with E-state index >= 15 is 0 Å². The molecule has 1 aliphatic rings. The van der Waals surface area contributed by atoms with Crippen LogP contribution in [0, 0.1) is 5.92 Å². The highest BCUT2D eigenvalue weighted by Gasteiger charge is 2.36. The standard InChI is InChI=1S/C29H24ClN5O2S/c30-22-14-11-20(12-15-22)28-26(27(19-9-10-19)33-34-29(31)32)24-7-3-4-8-25(24)35(28)38(36,37)23-16-13-18-5-1-2-6-21(18)17-23/h1-8,11-17,19H,9-10H2,(H4,31,32,34)/b33-27-. The second-order valence-corrected chi connectivity index (χ2v) is 11.5. The van der Waals surface area contributed by atoms with Crippen LogP contribution in [0.5, 0.6) is 0 Å². The Kier molecular flexibility index (Phi) is 5.93. The van der Waals surface area contributed by atoms with E-state index in [4.69, 9.17) is 23.1 Å². The number of guanidine groups is 1. The molecule has 0 spiro atoms. The van der Waals surface area contributed by atoms with E-state index < -0.39 is 10.0 Å². The van der Waals surface area contributed by atoms with E-state index in [2.05, 4.69) is 10.2 Å². The molecule has 7 nitrogen and oxygen atoms in total. The van der Waals surface area contributed by atoms with Crippen LogP contribution in [0.15, 0.2) is 106 Å². The Balaban J connectivity index is 1.72. The van der Waals surface area contributed by atoms with Gasteiger partial charge in [-0.05, 0) is 53.9 Å². The predicted molar refractivity (Wildman–Crippen MR) is 154 cm³/mol. The van der Waals surface area contributed by atoms with Gasteiger partial charge in [0, 0.05) is 27.5 Å². The molecular weight excluding hydrogens is 518 g/mol. The molecule has 190 valence electrons. The Morgan fingerprint density at radius 3 is 2.24 bits per heavy atom. The largest absolute Gasteiger partial charge is 0.369 e. The minimum Gasteiger partial charge on any atom is -0.369 e. The molecule has 4 aromatic carbocycles. The van der Waals surface area contributed by atoms with E-state index in [0.29, 0.717) is 33.1 Å². The maximum absolute atomic E-state index is 14.5. The molecule has 5 aromatic rings. The number of nitrogens with two attached hydrogens (primary N) is 2. The van der Waals surface area contributed by atoms with Crippen molar-refractivity contribution in [1.82, 2.24) is 3.97 Å². The zero-order valence-electron chi connectivity index (χ0n) is 20.3. The number of hydrogen-bond acceptors (Lipinski definition) is 4. The van der Waals surface area contributed by atoms with Gasteiger partial charge in [-0.3, -0.25) is 0 Å².